The SMILES string of the molecule is CC(C)c1ccc(C2CCN(C(C)C)CC2)nc1. The molecule has 18 heavy (non-hydrogen) atoms. The predicted molar refractivity (Wildman–Crippen MR) is 77.0 cm³/mol. The van der Waals surface area contributed by atoms with Gasteiger partial charge in [-0.3, -0.25) is 4.98 Å². The first kappa shape index (κ1) is 13.5. The lowest BCUT2D eigenvalue weighted by molar-refractivity contribution is 0.171. The van der Waals surface area contributed by atoms with Crippen molar-refractivity contribution in [2.75, 3.05) is 13.1 Å². The van der Waals surface area contributed by atoms with Crippen LogP contribution in [0.2, 0.25) is 0 Å². The van der Waals surface area contributed by atoms with Crippen molar-refractivity contribution in [3.8, 4) is 0 Å². The molecule has 0 atom stereocenters. The summed E-state index contributed by atoms with van der Waals surface area (Å²) < 4.78 is 0. The van der Waals surface area contributed by atoms with E-state index in [2.05, 4.69) is 55.9 Å². The zero-order valence-corrected chi connectivity index (χ0v) is 12.2. The van der Waals surface area contributed by atoms with Crippen molar-refractivity contribution in [2.45, 2.75) is 58.4 Å². The summed E-state index contributed by atoms with van der Waals surface area (Å²) in [6.07, 6.45) is 4.58. The molecule has 2 heterocycles. The highest BCUT2D eigenvalue weighted by Crippen LogP contribution is 2.28. The number of aromatic nitrogens is 1. The quantitative estimate of drug-likeness (QED) is 0.806. The van der Waals surface area contributed by atoms with Crippen molar-refractivity contribution in [2.24, 2.45) is 0 Å². The number of hydrogen-bond donors (Lipinski definition) is 0. The summed E-state index contributed by atoms with van der Waals surface area (Å²) >= 11 is 0. The molecular weight excluding hydrogens is 220 g/mol. The summed E-state index contributed by atoms with van der Waals surface area (Å²) in [6, 6.07) is 5.18. The van der Waals surface area contributed by atoms with Gasteiger partial charge in [0.15, 0.2) is 0 Å². The molecule has 2 nitrogen and oxygen atoms in total. The Kier molecular flexibility index (Phi) is 4.39. The van der Waals surface area contributed by atoms with E-state index in [9.17, 15) is 0 Å². The zero-order valence-electron chi connectivity index (χ0n) is 12.2. The van der Waals surface area contributed by atoms with Crippen molar-refractivity contribution in [3.05, 3.63) is 29.6 Å². The van der Waals surface area contributed by atoms with Gasteiger partial charge < -0.3 is 4.90 Å². The second-order valence-corrected chi connectivity index (χ2v) is 6.08. The molecule has 0 unspecified atom stereocenters. The van der Waals surface area contributed by atoms with Gasteiger partial charge in [-0.05, 0) is 57.3 Å². The topological polar surface area (TPSA) is 16.1 Å². The van der Waals surface area contributed by atoms with Crippen LogP contribution >= 0.6 is 0 Å². The fraction of sp³-hybridized carbons (Fsp3) is 0.688. The average molecular weight is 246 g/mol. The molecular formula is C16H26N2. The molecule has 2 rings (SSSR count). The number of hydrogen-bond acceptors (Lipinski definition) is 2. The zero-order chi connectivity index (χ0) is 13.1. The van der Waals surface area contributed by atoms with Gasteiger partial charge in [0.05, 0.1) is 0 Å². The number of pyridine rings is 1. The third-order valence-corrected chi connectivity index (χ3v) is 4.15. The molecule has 0 aliphatic carbocycles. The van der Waals surface area contributed by atoms with E-state index >= 15 is 0 Å². The molecule has 0 amide bonds. The number of piperidine rings is 1. The third kappa shape index (κ3) is 3.11. The van der Waals surface area contributed by atoms with Gasteiger partial charge >= 0.3 is 0 Å². The molecule has 0 bridgehead atoms. The molecule has 0 saturated carbocycles. The maximum atomic E-state index is 4.67. The molecule has 2 heteroatoms. The molecule has 0 N–H and O–H groups in total. The van der Waals surface area contributed by atoms with E-state index in [4.69, 9.17) is 0 Å². The van der Waals surface area contributed by atoms with Gasteiger partial charge in [-0.2, -0.15) is 0 Å². The van der Waals surface area contributed by atoms with Crippen LogP contribution < -0.4 is 0 Å². The smallest absolute Gasteiger partial charge is 0.0435 e. The highest BCUT2D eigenvalue weighted by molar-refractivity contribution is 5.19. The first-order valence-corrected chi connectivity index (χ1v) is 7.28. The molecule has 1 aliphatic heterocycles. The lowest BCUT2D eigenvalue weighted by atomic mass is 9.92. The van der Waals surface area contributed by atoms with Crippen LogP contribution in [0, 0.1) is 0 Å². The first-order valence-electron chi connectivity index (χ1n) is 7.28. The first-order chi connectivity index (χ1) is 8.58. The van der Waals surface area contributed by atoms with E-state index in [0.29, 0.717) is 17.9 Å². The molecule has 1 aromatic heterocycles. The summed E-state index contributed by atoms with van der Waals surface area (Å²) in [5, 5.41) is 0. The largest absolute Gasteiger partial charge is 0.301 e. The van der Waals surface area contributed by atoms with E-state index in [-0.39, 0.29) is 0 Å². The summed E-state index contributed by atoms with van der Waals surface area (Å²) in [7, 11) is 0. The van der Waals surface area contributed by atoms with Crippen molar-refractivity contribution in [3.63, 3.8) is 0 Å². The van der Waals surface area contributed by atoms with Crippen LogP contribution in [0.4, 0.5) is 0 Å². The van der Waals surface area contributed by atoms with Gasteiger partial charge in [-0.15, -0.1) is 0 Å². The molecule has 0 spiro atoms. The van der Waals surface area contributed by atoms with E-state index in [1.54, 1.807) is 0 Å². The monoisotopic (exact) mass is 246 g/mol. The molecule has 1 fully saturated rings. The minimum absolute atomic E-state index is 0.578. The van der Waals surface area contributed by atoms with Crippen LogP contribution in [-0.4, -0.2) is 29.0 Å². The maximum absolute atomic E-state index is 4.67. The maximum Gasteiger partial charge on any atom is 0.0435 e. The van der Waals surface area contributed by atoms with Gasteiger partial charge in [-0.25, -0.2) is 0 Å². The molecule has 0 aromatic carbocycles. The minimum Gasteiger partial charge on any atom is -0.301 e. The predicted octanol–water partition coefficient (Wildman–Crippen LogP) is 3.79. The van der Waals surface area contributed by atoms with Gasteiger partial charge in [0.25, 0.3) is 0 Å². The summed E-state index contributed by atoms with van der Waals surface area (Å²) in [4.78, 5) is 7.24. The minimum atomic E-state index is 0.578. The Bertz CT molecular complexity index is 359. The molecule has 1 aromatic rings. The Balaban J connectivity index is 1.97. The number of nitrogens with zero attached hydrogens (tertiary/aromatic N) is 2. The van der Waals surface area contributed by atoms with E-state index in [1.807, 2.05) is 0 Å². The normalized spacial score (nSPS) is 18.8. The van der Waals surface area contributed by atoms with Crippen LogP contribution in [0.5, 0.6) is 0 Å². The number of rotatable bonds is 3. The van der Waals surface area contributed by atoms with E-state index in [0.717, 1.165) is 0 Å². The van der Waals surface area contributed by atoms with Crippen molar-refractivity contribution in [1.82, 2.24) is 9.88 Å². The second-order valence-electron chi connectivity index (χ2n) is 6.08. The molecule has 100 valence electrons. The van der Waals surface area contributed by atoms with Gasteiger partial charge in [0.1, 0.15) is 0 Å². The van der Waals surface area contributed by atoms with Gasteiger partial charge in [0, 0.05) is 23.9 Å². The highest BCUT2D eigenvalue weighted by atomic mass is 15.1. The van der Waals surface area contributed by atoms with Crippen molar-refractivity contribution >= 4 is 0 Å². The summed E-state index contributed by atoms with van der Waals surface area (Å²) in [5.74, 6) is 1.25. The van der Waals surface area contributed by atoms with Crippen LogP contribution in [-0.2, 0) is 0 Å². The highest BCUT2D eigenvalue weighted by Gasteiger charge is 2.22. The second kappa shape index (κ2) is 5.83. The van der Waals surface area contributed by atoms with Crippen molar-refractivity contribution in [1.29, 1.82) is 0 Å². The average Bonchev–Trinajstić information content (AvgIpc) is 2.39. The molecule has 1 saturated heterocycles. The Morgan fingerprint density at radius 2 is 1.78 bits per heavy atom. The molecule has 0 radical (unpaired) electrons. The van der Waals surface area contributed by atoms with E-state index < -0.39 is 0 Å². The van der Waals surface area contributed by atoms with Crippen LogP contribution in [0.3, 0.4) is 0 Å². The van der Waals surface area contributed by atoms with Crippen LogP contribution in [0.25, 0.3) is 0 Å². The van der Waals surface area contributed by atoms with Crippen LogP contribution in [0.1, 0.15) is 63.6 Å². The Hall–Kier alpha value is -0.890. The lowest BCUT2D eigenvalue weighted by Gasteiger charge is -2.34. The van der Waals surface area contributed by atoms with Crippen molar-refractivity contribution < 1.29 is 0 Å². The Morgan fingerprint density at radius 3 is 2.22 bits per heavy atom. The van der Waals surface area contributed by atoms with Gasteiger partial charge in [-0.1, -0.05) is 19.9 Å². The fourth-order valence-corrected chi connectivity index (χ4v) is 2.71. The van der Waals surface area contributed by atoms with Gasteiger partial charge in [0.2, 0.25) is 0 Å². The van der Waals surface area contributed by atoms with Crippen LogP contribution in [0.15, 0.2) is 18.3 Å². The Morgan fingerprint density at radius 1 is 1.11 bits per heavy atom. The molecule has 1 aliphatic rings. The summed E-state index contributed by atoms with van der Waals surface area (Å²) in [5.41, 5.74) is 2.64. The third-order valence-electron chi connectivity index (χ3n) is 4.15. The Labute approximate surface area is 111 Å². The summed E-state index contributed by atoms with van der Waals surface area (Å²) in [6.45, 7) is 11.5. The standard InChI is InChI=1S/C16H26N2/c1-12(2)15-5-6-16(17-11-15)14-7-9-18(10-8-14)13(3)4/h5-6,11-14H,7-10H2,1-4H3. The number of likely N-dealkylation sites (tertiary alicyclic amines) is 1. The fourth-order valence-electron chi connectivity index (χ4n) is 2.71. The lowest BCUT2D eigenvalue weighted by Crippen LogP contribution is -2.37. The van der Waals surface area contributed by atoms with E-state index in [1.165, 1.54) is 37.2 Å².